The van der Waals surface area contributed by atoms with Crippen molar-refractivity contribution in [1.29, 1.82) is 0 Å². The van der Waals surface area contributed by atoms with Gasteiger partial charge in [-0.25, -0.2) is 0 Å². The lowest BCUT2D eigenvalue weighted by molar-refractivity contribution is 0.559. The van der Waals surface area contributed by atoms with Gasteiger partial charge < -0.3 is 0 Å². The summed E-state index contributed by atoms with van der Waals surface area (Å²) in [7, 11) is -1.16. The van der Waals surface area contributed by atoms with Gasteiger partial charge in [-0.2, -0.15) is 0 Å². The molecule has 0 amide bonds. The van der Waals surface area contributed by atoms with Gasteiger partial charge in [0.15, 0.2) is 0 Å². The highest BCUT2D eigenvalue weighted by molar-refractivity contribution is 6.83. The highest BCUT2D eigenvalue weighted by atomic mass is 28.3. The van der Waals surface area contributed by atoms with E-state index < -0.39 is 8.07 Å². The van der Waals surface area contributed by atoms with Gasteiger partial charge in [-0.05, 0) is 12.3 Å². The Hall–Kier alpha value is -0.663. The number of terminal acetylenes is 1. The van der Waals surface area contributed by atoms with Crippen molar-refractivity contribution in [3.05, 3.63) is 0 Å². The van der Waals surface area contributed by atoms with E-state index in [1.165, 1.54) is 0 Å². The van der Waals surface area contributed by atoms with E-state index in [-0.39, 0.29) is 0 Å². The summed E-state index contributed by atoms with van der Waals surface area (Å²) in [5.74, 6) is 6.60. The molecule has 0 unspecified atom stereocenters. The van der Waals surface area contributed by atoms with Crippen LogP contribution in [0.2, 0.25) is 19.6 Å². The molecule has 0 aliphatic carbocycles. The molecule has 0 saturated carbocycles. The molecule has 0 fully saturated rings. The number of hydrogen-bond donors (Lipinski definition) is 0. The molecule has 0 N–H and O–H groups in total. The Balaban J connectivity index is 3.74. The molecule has 0 aliphatic rings. The lowest BCUT2D eigenvalue weighted by atomic mass is 10.0. The normalized spacial score (nSPS) is 12.5. The van der Waals surface area contributed by atoms with Gasteiger partial charge in [0.25, 0.3) is 0 Å². The van der Waals surface area contributed by atoms with Crippen LogP contribution in [-0.2, 0) is 0 Å². The summed E-state index contributed by atoms with van der Waals surface area (Å²) in [5.41, 5.74) is 3.37. The third-order valence-corrected chi connectivity index (χ3v) is 2.62. The summed E-state index contributed by atoms with van der Waals surface area (Å²) in [4.78, 5) is 0. The Morgan fingerprint density at radius 3 is 2.38 bits per heavy atom. The molecule has 13 heavy (non-hydrogen) atoms. The fraction of sp³-hybridized carbons (Fsp3) is 0.667. The molecule has 0 nitrogen and oxygen atoms in total. The van der Waals surface area contributed by atoms with Crippen molar-refractivity contribution in [2.45, 2.75) is 45.8 Å². The maximum absolute atomic E-state index is 5.20. The Morgan fingerprint density at radius 1 is 1.31 bits per heavy atom. The second kappa shape index (κ2) is 5.89. The van der Waals surface area contributed by atoms with Gasteiger partial charge in [0.1, 0.15) is 8.07 Å². The summed E-state index contributed by atoms with van der Waals surface area (Å²) in [6.07, 6.45) is 8.19. The Bertz CT molecular complexity index is 229. The summed E-state index contributed by atoms with van der Waals surface area (Å²) < 4.78 is 0. The van der Waals surface area contributed by atoms with Crippen molar-refractivity contribution in [3.8, 4) is 23.8 Å². The first-order valence-electron chi connectivity index (χ1n) is 4.89. The maximum Gasteiger partial charge on any atom is 0.129 e. The molecule has 1 atom stereocenters. The van der Waals surface area contributed by atoms with Crippen LogP contribution in [0.4, 0.5) is 0 Å². The summed E-state index contributed by atoms with van der Waals surface area (Å²) in [6, 6.07) is 0. The fourth-order valence-corrected chi connectivity index (χ4v) is 1.55. The van der Waals surface area contributed by atoms with Gasteiger partial charge >= 0.3 is 0 Å². The second-order valence-electron chi connectivity index (χ2n) is 4.60. The average Bonchev–Trinajstić information content (AvgIpc) is 1.98. The molecular weight excluding hydrogens is 172 g/mol. The topological polar surface area (TPSA) is 0 Å². The van der Waals surface area contributed by atoms with E-state index in [1.54, 1.807) is 0 Å². The first-order valence-corrected chi connectivity index (χ1v) is 8.39. The predicted molar refractivity (Wildman–Crippen MR) is 63.0 cm³/mol. The van der Waals surface area contributed by atoms with E-state index in [0.29, 0.717) is 5.92 Å². The van der Waals surface area contributed by atoms with Crippen LogP contribution in [0.15, 0.2) is 0 Å². The molecule has 0 aliphatic heterocycles. The average molecular weight is 192 g/mol. The lowest BCUT2D eigenvalue weighted by Crippen LogP contribution is -2.16. The highest BCUT2D eigenvalue weighted by Gasteiger charge is 2.07. The molecule has 0 radical (unpaired) electrons. The predicted octanol–water partition coefficient (Wildman–Crippen LogP) is 3.31. The maximum atomic E-state index is 5.20. The Kier molecular flexibility index (Phi) is 5.59. The van der Waals surface area contributed by atoms with Crippen molar-refractivity contribution in [2.24, 2.45) is 5.92 Å². The van der Waals surface area contributed by atoms with Gasteiger partial charge in [-0.3, -0.25) is 0 Å². The number of hydrogen-bond acceptors (Lipinski definition) is 0. The van der Waals surface area contributed by atoms with Crippen molar-refractivity contribution in [1.82, 2.24) is 0 Å². The first kappa shape index (κ1) is 12.3. The van der Waals surface area contributed by atoms with Crippen LogP contribution in [0.5, 0.6) is 0 Å². The standard InChI is InChI=1S/C12H20Si/c1-6-7-9-12(2)10-8-11-13(3,4)5/h1,12H,7,9-10H2,2-5H3/t12-/m1/s1. The van der Waals surface area contributed by atoms with Crippen molar-refractivity contribution in [2.75, 3.05) is 0 Å². The molecule has 0 saturated heterocycles. The quantitative estimate of drug-likeness (QED) is 0.475. The van der Waals surface area contributed by atoms with Gasteiger partial charge in [0.05, 0.1) is 0 Å². The van der Waals surface area contributed by atoms with E-state index >= 15 is 0 Å². The van der Waals surface area contributed by atoms with Crippen molar-refractivity contribution >= 4 is 8.07 Å². The summed E-state index contributed by atoms with van der Waals surface area (Å²) in [5, 5.41) is 0. The molecule has 72 valence electrons. The molecule has 0 bridgehead atoms. The fourth-order valence-electron chi connectivity index (χ4n) is 0.922. The SMILES string of the molecule is C#CCC[C@@H](C)CC#C[Si](C)(C)C. The molecule has 0 rings (SSSR count). The minimum absolute atomic E-state index is 0.653. The molecule has 0 aromatic carbocycles. The lowest BCUT2D eigenvalue weighted by Gasteiger charge is -2.06. The van der Waals surface area contributed by atoms with Gasteiger partial charge in [0, 0.05) is 12.8 Å². The van der Waals surface area contributed by atoms with E-state index in [4.69, 9.17) is 6.42 Å². The van der Waals surface area contributed by atoms with Crippen molar-refractivity contribution < 1.29 is 0 Å². The van der Waals surface area contributed by atoms with Crippen LogP contribution in [0, 0.1) is 29.7 Å². The number of rotatable bonds is 3. The first-order chi connectivity index (χ1) is 5.95. The van der Waals surface area contributed by atoms with E-state index in [1.807, 2.05) is 0 Å². The third-order valence-electron chi connectivity index (χ3n) is 1.70. The van der Waals surface area contributed by atoms with Crippen LogP contribution in [0.3, 0.4) is 0 Å². The van der Waals surface area contributed by atoms with E-state index in [9.17, 15) is 0 Å². The van der Waals surface area contributed by atoms with Crippen LogP contribution < -0.4 is 0 Å². The van der Waals surface area contributed by atoms with Crippen LogP contribution in [-0.4, -0.2) is 8.07 Å². The molecule has 1 heteroatoms. The molecule has 0 heterocycles. The second-order valence-corrected chi connectivity index (χ2v) is 9.35. The summed E-state index contributed by atoms with van der Waals surface area (Å²) >= 11 is 0. The van der Waals surface area contributed by atoms with Crippen LogP contribution >= 0.6 is 0 Å². The monoisotopic (exact) mass is 192 g/mol. The molecule has 0 aromatic heterocycles. The smallest absolute Gasteiger partial charge is 0.129 e. The van der Waals surface area contributed by atoms with E-state index in [0.717, 1.165) is 19.3 Å². The molecule has 0 spiro atoms. The minimum Gasteiger partial charge on any atom is -0.132 e. The highest BCUT2D eigenvalue weighted by Crippen LogP contribution is 2.08. The minimum atomic E-state index is -1.16. The zero-order chi connectivity index (χ0) is 10.3. The molecule has 0 aromatic rings. The van der Waals surface area contributed by atoms with Gasteiger partial charge in [0.2, 0.25) is 0 Å². The molecular formula is C12H20Si. The Labute approximate surface area is 84.1 Å². The summed E-state index contributed by atoms with van der Waals surface area (Å²) in [6.45, 7) is 9.03. The Morgan fingerprint density at radius 2 is 1.92 bits per heavy atom. The zero-order valence-electron chi connectivity index (χ0n) is 9.28. The van der Waals surface area contributed by atoms with Gasteiger partial charge in [-0.15, -0.1) is 23.8 Å². The zero-order valence-corrected chi connectivity index (χ0v) is 10.3. The van der Waals surface area contributed by atoms with Crippen LogP contribution in [0.1, 0.15) is 26.2 Å². The van der Waals surface area contributed by atoms with Crippen LogP contribution in [0.25, 0.3) is 0 Å². The van der Waals surface area contributed by atoms with Crippen molar-refractivity contribution in [3.63, 3.8) is 0 Å². The van der Waals surface area contributed by atoms with Gasteiger partial charge in [-0.1, -0.05) is 26.6 Å². The third kappa shape index (κ3) is 9.25. The largest absolute Gasteiger partial charge is 0.132 e. The van der Waals surface area contributed by atoms with E-state index in [2.05, 4.69) is 43.9 Å².